The molecule has 0 bridgehead atoms. The fourth-order valence-corrected chi connectivity index (χ4v) is 1.00. The van der Waals surface area contributed by atoms with Gasteiger partial charge in [0.05, 0.1) is 12.6 Å². The van der Waals surface area contributed by atoms with Crippen molar-refractivity contribution >= 4 is 10.9 Å². The molecule has 2 rings (SSSR count). The second-order valence-corrected chi connectivity index (χ2v) is 2.33. The molecule has 59 valence electrons. The van der Waals surface area contributed by atoms with Crippen LogP contribution in [-0.2, 0) is 0 Å². The second-order valence-electron chi connectivity index (χ2n) is 2.33. The molecule has 2 heterocycles. The van der Waals surface area contributed by atoms with Crippen molar-refractivity contribution in [2.45, 2.75) is 0 Å². The van der Waals surface area contributed by atoms with Gasteiger partial charge in [0.25, 0.3) is 0 Å². The highest BCUT2D eigenvalue weighted by Gasteiger charge is 1.96. The van der Waals surface area contributed by atoms with Crippen LogP contribution in [0.4, 0.5) is 0 Å². The SMILES string of the molecule is COc1cc2ncc[c]c2cn1. The van der Waals surface area contributed by atoms with Gasteiger partial charge >= 0.3 is 0 Å². The molecule has 2 aromatic rings. The Labute approximate surface area is 70.0 Å². The van der Waals surface area contributed by atoms with E-state index in [0.717, 1.165) is 10.9 Å². The maximum Gasteiger partial charge on any atom is 0.215 e. The van der Waals surface area contributed by atoms with E-state index in [1.165, 1.54) is 0 Å². The summed E-state index contributed by atoms with van der Waals surface area (Å²) in [5.41, 5.74) is 0.851. The van der Waals surface area contributed by atoms with E-state index < -0.39 is 0 Å². The molecule has 0 saturated carbocycles. The molecular formula is C9H7N2O. The maximum atomic E-state index is 4.96. The molecule has 0 amide bonds. The first-order chi connectivity index (χ1) is 5.90. The number of fused-ring (bicyclic) bond motifs is 1. The molecule has 0 unspecified atom stereocenters. The monoisotopic (exact) mass is 159 g/mol. The van der Waals surface area contributed by atoms with Gasteiger partial charge in [-0.15, -0.1) is 0 Å². The molecule has 12 heavy (non-hydrogen) atoms. The second kappa shape index (κ2) is 2.77. The lowest BCUT2D eigenvalue weighted by Gasteiger charge is -1.98. The van der Waals surface area contributed by atoms with Crippen LogP contribution in [0.1, 0.15) is 0 Å². The minimum Gasteiger partial charge on any atom is -0.481 e. The fourth-order valence-electron chi connectivity index (χ4n) is 1.00. The summed E-state index contributed by atoms with van der Waals surface area (Å²) in [5, 5.41) is 0.901. The normalized spacial score (nSPS) is 10.1. The van der Waals surface area contributed by atoms with Gasteiger partial charge in [0.2, 0.25) is 5.88 Å². The Hall–Kier alpha value is -1.64. The van der Waals surface area contributed by atoms with Crippen molar-refractivity contribution in [1.29, 1.82) is 0 Å². The first-order valence-corrected chi connectivity index (χ1v) is 3.56. The third kappa shape index (κ3) is 1.09. The Morgan fingerprint density at radius 2 is 2.33 bits per heavy atom. The maximum absolute atomic E-state index is 4.96. The summed E-state index contributed by atoms with van der Waals surface area (Å²) < 4.78 is 4.96. The van der Waals surface area contributed by atoms with Crippen LogP contribution >= 0.6 is 0 Å². The van der Waals surface area contributed by atoms with Crippen molar-refractivity contribution in [2.24, 2.45) is 0 Å². The molecule has 0 spiro atoms. The standard InChI is InChI=1S/C9H7N2O/c1-12-9-5-8-7(6-11-9)3-2-4-10-8/h2,4-6H,1H3. The molecule has 0 aliphatic carbocycles. The molecule has 0 atom stereocenters. The molecule has 0 N–H and O–H groups in total. The average Bonchev–Trinajstić information content (AvgIpc) is 2.17. The van der Waals surface area contributed by atoms with Gasteiger partial charge in [-0.25, -0.2) is 4.98 Å². The van der Waals surface area contributed by atoms with Gasteiger partial charge in [0.1, 0.15) is 0 Å². The third-order valence-corrected chi connectivity index (χ3v) is 1.59. The summed E-state index contributed by atoms with van der Waals surface area (Å²) in [6.45, 7) is 0. The fraction of sp³-hybridized carbons (Fsp3) is 0.111. The molecule has 2 aromatic heterocycles. The average molecular weight is 159 g/mol. The van der Waals surface area contributed by atoms with Gasteiger partial charge in [-0.05, 0) is 12.1 Å². The number of hydrogen-bond acceptors (Lipinski definition) is 3. The molecule has 1 radical (unpaired) electrons. The zero-order chi connectivity index (χ0) is 8.39. The Morgan fingerprint density at radius 3 is 3.17 bits per heavy atom. The largest absolute Gasteiger partial charge is 0.481 e. The van der Waals surface area contributed by atoms with E-state index in [4.69, 9.17) is 4.74 Å². The molecule has 0 aliphatic rings. The Kier molecular flexibility index (Phi) is 1.63. The van der Waals surface area contributed by atoms with Gasteiger partial charge in [-0.3, -0.25) is 4.98 Å². The number of ether oxygens (including phenoxy) is 1. The molecule has 3 nitrogen and oxygen atoms in total. The summed E-state index contributed by atoms with van der Waals surface area (Å²) in [5.74, 6) is 0.578. The van der Waals surface area contributed by atoms with Crippen molar-refractivity contribution < 1.29 is 4.74 Å². The predicted molar refractivity (Wildman–Crippen MR) is 44.9 cm³/mol. The van der Waals surface area contributed by atoms with Crippen LogP contribution in [0.15, 0.2) is 24.5 Å². The molecule has 0 saturated heterocycles. The van der Waals surface area contributed by atoms with Crippen LogP contribution in [0.25, 0.3) is 10.9 Å². The smallest absolute Gasteiger partial charge is 0.215 e. The van der Waals surface area contributed by atoms with Crippen molar-refractivity contribution in [1.82, 2.24) is 9.97 Å². The molecular weight excluding hydrogens is 152 g/mol. The van der Waals surface area contributed by atoms with E-state index >= 15 is 0 Å². The highest BCUT2D eigenvalue weighted by atomic mass is 16.5. The summed E-state index contributed by atoms with van der Waals surface area (Å²) in [7, 11) is 1.58. The summed E-state index contributed by atoms with van der Waals surface area (Å²) in [6, 6.07) is 6.57. The van der Waals surface area contributed by atoms with E-state index in [-0.39, 0.29) is 0 Å². The molecule has 0 aromatic carbocycles. The van der Waals surface area contributed by atoms with E-state index in [1.54, 1.807) is 31.6 Å². The summed E-state index contributed by atoms with van der Waals surface area (Å²) in [6.07, 6.45) is 3.39. The summed E-state index contributed by atoms with van der Waals surface area (Å²) in [4.78, 5) is 8.17. The van der Waals surface area contributed by atoms with Crippen molar-refractivity contribution in [3.05, 3.63) is 30.6 Å². The van der Waals surface area contributed by atoms with Crippen LogP contribution in [0.5, 0.6) is 5.88 Å². The van der Waals surface area contributed by atoms with Gasteiger partial charge in [0.15, 0.2) is 0 Å². The van der Waals surface area contributed by atoms with Crippen LogP contribution < -0.4 is 4.74 Å². The first-order valence-electron chi connectivity index (χ1n) is 3.56. The highest BCUT2D eigenvalue weighted by molar-refractivity contribution is 5.77. The molecule has 3 heteroatoms. The van der Waals surface area contributed by atoms with Gasteiger partial charge in [-0.1, -0.05) is 0 Å². The number of methoxy groups -OCH3 is 1. The molecule has 0 aliphatic heterocycles. The van der Waals surface area contributed by atoms with E-state index in [1.807, 2.05) is 0 Å². The lowest BCUT2D eigenvalue weighted by atomic mass is 10.3. The van der Waals surface area contributed by atoms with Crippen LogP contribution in [0.3, 0.4) is 0 Å². The van der Waals surface area contributed by atoms with Gasteiger partial charge in [-0.2, -0.15) is 0 Å². The number of nitrogens with zero attached hydrogens (tertiary/aromatic N) is 2. The van der Waals surface area contributed by atoms with Crippen LogP contribution in [-0.4, -0.2) is 17.1 Å². The Bertz CT molecular complexity index is 400. The van der Waals surface area contributed by atoms with Crippen LogP contribution in [0, 0.1) is 6.07 Å². The van der Waals surface area contributed by atoms with Crippen molar-refractivity contribution in [3.8, 4) is 5.88 Å². The van der Waals surface area contributed by atoms with Gasteiger partial charge < -0.3 is 4.74 Å². The lowest BCUT2D eigenvalue weighted by Crippen LogP contribution is -1.87. The van der Waals surface area contributed by atoms with Crippen molar-refractivity contribution in [3.63, 3.8) is 0 Å². The number of hydrogen-bond donors (Lipinski definition) is 0. The Balaban J connectivity index is 2.67. The van der Waals surface area contributed by atoms with Crippen LogP contribution in [0.2, 0.25) is 0 Å². The zero-order valence-corrected chi connectivity index (χ0v) is 6.61. The van der Waals surface area contributed by atoms with E-state index in [9.17, 15) is 0 Å². The van der Waals surface area contributed by atoms with Gasteiger partial charge in [0, 0.05) is 23.8 Å². The third-order valence-electron chi connectivity index (χ3n) is 1.59. The quantitative estimate of drug-likeness (QED) is 0.631. The van der Waals surface area contributed by atoms with Crippen molar-refractivity contribution in [2.75, 3.05) is 7.11 Å². The van der Waals surface area contributed by atoms with E-state index in [2.05, 4.69) is 16.0 Å². The number of aromatic nitrogens is 2. The summed E-state index contributed by atoms with van der Waals surface area (Å²) >= 11 is 0. The number of pyridine rings is 2. The zero-order valence-electron chi connectivity index (χ0n) is 6.61. The topological polar surface area (TPSA) is 35.0 Å². The predicted octanol–water partition coefficient (Wildman–Crippen LogP) is 1.44. The number of rotatable bonds is 1. The minimum absolute atomic E-state index is 0.578. The highest BCUT2D eigenvalue weighted by Crippen LogP contribution is 2.13. The van der Waals surface area contributed by atoms with E-state index in [0.29, 0.717) is 5.88 Å². The minimum atomic E-state index is 0.578. The first kappa shape index (κ1) is 7.03. The molecule has 0 fully saturated rings. The Morgan fingerprint density at radius 1 is 1.42 bits per heavy atom. The lowest BCUT2D eigenvalue weighted by molar-refractivity contribution is 0.398.